The van der Waals surface area contributed by atoms with Crippen LogP contribution in [0.1, 0.15) is 26.5 Å². The summed E-state index contributed by atoms with van der Waals surface area (Å²) in [5, 5.41) is 12.2. The maximum Gasteiger partial charge on any atom is 0.374 e. The van der Waals surface area contributed by atoms with Crippen molar-refractivity contribution in [3.63, 3.8) is 0 Å². The maximum absolute atomic E-state index is 13.5. The van der Waals surface area contributed by atoms with Crippen LogP contribution < -0.4 is 0 Å². The van der Waals surface area contributed by atoms with Gasteiger partial charge in [-0.05, 0) is 24.6 Å². The summed E-state index contributed by atoms with van der Waals surface area (Å²) in [6, 6.07) is 3.63. The minimum absolute atomic E-state index is 0.105. The van der Waals surface area contributed by atoms with E-state index in [1.165, 1.54) is 13.0 Å². The van der Waals surface area contributed by atoms with Gasteiger partial charge in [0, 0.05) is 17.2 Å². The number of carboxylic acids is 1. The number of aldehydes is 1. The van der Waals surface area contributed by atoms with Crippen molar-refractivity contribution >= 4 is 12.3 Å². The summed E-state index contributed by atoms with van der Waals surface area (Å²) in [5.41, 5.74) is 0.847. The Morgan fingerprint density at radius 2 is 2.17 bits per heavy atom. The number of halogens is 1. The van der Waals surface area contributed by atoms with E-state index in [1.807, 2.05) is 0 Å². The van der Waals surface area contributed by atoms with Crippen molar-refractivity contribution in [2.45, 2.75) is 6.92 Å². The Hall–Kier alpha value is -2.50. The molecule has 1 aromatic carbocycles. The zero-order valence-electron chi connectivity index (χ0n) is 9.31. The molecule has 0 saturated carbocycles. The molecule has 0 saturated heterocycles. The first-order chi connectivity index (χ1) is 8.52. The van der Waals surface area contributed by atoms with Crippen LogP contribution in [0.4, 0.5) is 4.39 Å². The zero-order valence-corrected chi connectivity index (χ0v) is 9.31. The molecule has 0 spiro atoms. The second-order valence-corrected chi connectivity index (χ2v) is 3.69. The van der Waals surface area contributed by atoms with Gasteiger partial charge in [0.15, 0.2) is 6.29 Å². The molecular weight excluding hydrogens is 241 g/mol. The number of nitrogens with zero attached hydrogens (tertiary/aromatic N) is 1. The molecular formula is C12H8FNO4. The van der Waals surface area contributed by atoms with Crippen LogP contribution in [0.25, 0.3) is 11.3 Å². The molecule has 6 heteroatoms. The van der Waals surface area contributed by atoms with E-state index in [0.717, 1.165) is 12.1 Å². The third-order valence-corrected chi connectivity index (χ3v) is 2.45. The van der Waals surface area contributed by atoms with Crippen LogP contribution in [0.2, 0.25) is 0 Å². The number of hydrogen-bond acceptors (Lipinski definition) is 4. The number of aromatic nitrogens is 1. The molecule has 1 heterocycles. The fourth-order valence-corrected chi connectivity index (χ4v) is 1.53. The van der Waals surface area contributed by atoms with Crippen LogP contribution in [0.15, 0.2) is 22.7 Å². The molecule has 2 rings (SSSR count). The van der Waals surface area contributed by atoms with Gasteiger partial charge in [0.1, 0.15) is 11.5 Å². The van der Waals surface area contributed by atoms with E-state index in [4.69, 9.17) is 5.11 Å². The average molecular weight is 249 g/mol. The van der Waals surface area contributed by atoms with Gasteiger partial charge in [-0.25, -0.2) is 9.18 Å². The highest BCUT2D eigenvalue weighted by molar-refractivity contribution is 5.89. The molecule has 0 aliphatic rings. The largest absolute Gasteiger partial charge is 0.475 e. The second-order valence-electron chi connectivity index (χ2n) is 3.69. The lowest BCUT2D eigenvalue weighted by Crippen LogP contribution is -1.93. The molecule has 0 unspecified atom stereocenters. The second kappa shape index (κ2) is 4.40. The molecule has 0 aliphatic carbocycles. The van der Waals surface area contributed by atoms with Gasteiger partial charge in [-0.15, -0.1) is 0 Å². The summed E-state index contributed by atoms with van der Waals surface area (Å²) in [6.07, 6.45) is 0.552. The molecule has 1 aromatic heterocycles. The Kier molecular flexibility index (Phi) is 2.93. The third kappa shape index (κ3) is 2.00. The van der Waals surface area contributed by atoms with Crippen LogP contribution in [0.3, 0.4) is 0 Å². The van der Waals surface area contributed by atoms with E-state index in [2.05, 4.69) is 9.68 Å². The number of benzene rings is 1. The molecule has 0 amide bonds. The average Bonchev–Trinajstić information content (AvgIpc) is 2.81. The number of carbonyl (C=O) groups excluding carboxylic acids is 1. The molecule has 0 aliphatic heterocycles. The minimum Gasteiger partial charge on any atom is -0.475 e. The summed E-state index contributed by atoms with van der Waals surface area (Å²) in [4.78, 5) is 21.6. The first kappa shape index (κ1) is 12.0. The summed E-state index contributed by atoms with van der Waals surface area (Å²) < 4.78 is 18.0. The van der Waals surface area contributed by atoms with Crippen LogP contribution in [0, 0.1) is 12.7 Å². The third-order valence-electron chi connectivity index (χ3n) is 2.45. The lowest BCUT2D eigenvalue weighted by atomic mass is 10.0. The molecule has 0 bridgehead atoms. The van der Waals surface area contributed by atoms with Crippen molar-refractivity contribution in [2.75, 3.05) is 0 Å². The first-order valence-electron chi connectivity index (χ1n) is 4.98. The van der Waals surface area contributed by atoms with Crippen molar-refractivity contribution in [1.82, 2.24) is 5.16 Å². The highest BCUT2D eigenvalue weighted by Gasteiger charge is 2.16. The summed E-state index contributed by atoms with van der Waals surface area (Å²) in [5.74, 6) is -2.16. The predicted molar refractivity (Wildman–Crippen MR) is 59.0 cm³/mol. The van der Waals surface area contributed by atoms with E-state index in [1.54, 1.807) is 0 Å². The van der Waals surface area contributed by atoms with E-state index in [-0.39, 0.29) is 22.6 Å². The van der Waals surface area contributed by atoms with Crippen molar-refractivity contribution in [1.29, 1.82) is 0 Å². The molecule has 0 atom stereocenters. The number of carboxylic acid groups (broad SMARTS) is 1. The highest BCUT2D eigenvalue weighted by Crippen LogP contribution is 2.25. The van der Waals surface area contributed by atoms with Crippen molar-refractivity contribution in [2.24, 2.45) is 0 Å². The van der Waals surface area contributed by atoms with Crippen LogP contribution in [-0.2, 0) is 0 Å². The lowest BCUT2D eigenvalue weighted by Gasteiger charge is -2.03. The molecule has 5 nitrogen and oxygen atoms in total. The van der Waals surface area contributed by atoms with E-state index in [9.17, 15) is 14.0 Å². The van der Waals surface area contributed by atoms with Crippen molar-refractivity contribution in [3.05, 3.63) is 40.9 Å². The maximum atomic E-state index is 13.5. The van der Waals surface area contributed by atoms with E-state index >= 15 is 0 Å². The molecule has 0 fully saturated rings. The molecule has 2 aromatic rings. The molecule has 0 radical (unpaired) electrons. The van der Waals surface area contributed by atoms with Gasteiger partial charge in [-0.1, -0.05) is 5.16 Å². The van der Waals surface area contributed by atoms with Gasteiger partial charge in [-0.3, -0.25) is 4.79 Å². The highest BCUT2D eigenvalue weighted by atomic mass is 19.1. The quantitative estimate of drug-likeness (QED) is 0.844. The smallest absolute Gasteiger partial charge is 0.374 e. The van der Waals surface area contributed by atoms with Gasteiger partial charge in [0.2, 0.25) is 5.76 Å². The van der Waals surface area contributed by atoms with Crippen molar-refractivity contribution in [3.8, 4) is 11.3 Å². The standard InChI is InChI=1S/C12H8FNO4/c1-6-2-7(5-15)8(3-9(6)13)10-4-11(12(16)17)18-14-10/h2-5H,1H3,(H,16,17). The van der Waals surface area contributed by atoms with Crippen LogP contribution >= 0.6 is 0 Å². The van der Waals surface area contributed by atoms with E-state index < -0.39 is 11.8 Å². The number of aryl methyl sites for hydroxylation is 1. The molecule has 18 heavy (non-hydrogen) atoms. The Labute approximate surface area is 101 Å². The summed E-state index contributed by atoms with van der Waals surface area (Å²) >= 11 is 0. The summed E-state index contributed by atoms with van der Waals surface area (Å²) in [6.45, 7) is 1.53. The fourth-order valence-electron chi connectivity index (χ4n) is 1.53. The van der Waals surface area contributed by atoms with E-state index in [0.29, 0.717) is 11.8 Å². The van der Waals surface area contributed by atoms with Gasteiger partial charge >= 0.3 is 5.97 Å². The normalized spacial score (nSPS) is 10.3. The topological polar surface area (TPSA) is 80.4 Å². The van der Waals surface area contributed by atoms with Crippen molar-refractivity contribution < 1.29 is 23.6 Å². The fraction of sp³-hybridized carbons (Fsp3) is 0.0833. The van der Waals surface area contributed by atoms with Crippen LogP contribution in [-0.4, -0.2) is 22.5 Å². The predicted octanol–water partition coefficient (Wildman–Crippen LogP) is 2.30. The van der Waals surface area contributed by atoms with Gasteiger partial charge in [0.05, 0.1) is 0 Å². The number of carbonyl (C=O) groups is 2. The number of hydrogen-bond donors (Lipinski definition) is 1. The Morgan fingerprint density at radius 1 is 1.44 bits per heavy atom. The zero-order chi connectivity index (χ0) is 13.3. The SMILES string of the molecule is Cc1cc(C=O)c(-c2cc(C(=O)O)on2)cc1F. The Balaban J connectivity index is 2.58. The monoisotopic (exact) mass is 249 g/mol. The molecule has 92 valence electrons. The Bertz CT molecular complexity index is 633. The molecule has 1 N–H and O–H groups in total. The lowest BCUT2D eigenvalue weighted by molar-refractivity contribution is 0.0652. The van der Waals surface area contributed by atoms with Crippen LogP contribution in [0.5, 0.6) is 0 Å². The Morgan fingerprint density at radius 3 is 2.72 bits per heavy atom. The number of rotatable bonds is 3. The number of aromatic carboxylic acids is 1. The first-order valence-corrected chi connectivity index (χ1v) is 4.98. The minimum atomic E-state index is -1.28. The van der Waals surface area contributed by atoms with Gasteiger partial charge in [0.25, 0.3) is 0 Å². The van der Waals surface area contributed by atoms with Gasteiger partial charge in [-0.2, -0.15) is 0 Å². The summed E-state index contributed by atoms with van der Waals surface area (Å²) in [7, 11) is 0. The van der Waals surface area contributed by atoms with Gasteiger partial charge < -0.3 is 9.63 Å².